The van der Waals surface area contributed by atoms with Gasteiger partial charge in [0.25, 0.3) is 5.56 Å². The molecule has 0 aliphatic rings. The molecule has 9 nitrogen and oxygen atoms in total. The molecular weight excluding hydrogens is 503 g/mol. The minimum atomic E-state index is -1.41. The van der Waals surface area contributed by atoms with E-state index in [4.69, 9.17) is 4.74 Å². The number of benzene rings is 2. The highest BCUT2D eigenvalue weighted by Gasteiger charge is 2.24. The lowest BCUT2D eigenvalue weighted by Crippen LogP contribution is -2.35. The second-order valence-corrected chi connectivity index (χ2v) is 8.39. The summed E-state index contributed by atoms with van der Waals surface area (Å²) in [7, 11) is 1.23. The summed E-state index contributed by atoms with van der Waals surface area (Å²) in [6.45, 7) is 0.605. The Labute approximate surface area is 203 Å². The maximum absolute atomic E-state index is 14.9. The van der Waals surface area contributed by atoms with E-state index < -0.39 is 52.8 Å². The van der Waals surface area contributed by atoms with E-state index in [9.17, 15) is 37.5 Å². The summed E-state index contributed by atoms with van der Waals surface area (Å²) in [4.78, 5) is 52.7. The molecule has 0 saturated heterocycles. The average molecular weight is 519 g/mol. The number of anilines is 1. The van der Waals surface area contributed by atoms with E-state index in [2.05, 4.69) is 4.98 Å². The standard InChI is InChI=1S/C23H16F3N3O6S/c1-10(30)28(8-12-17(35-2)6-5-14(25)19(12)26)11-3-4-13(24)16(7-11)29-21(31)18-15(27-23(29)34)9-36-20(18)22(32)33/h3-7,9H,8H2,1-2H3,(H,27,34)(H,32,33). The van der Waals surface area contributed by atoms with Gasteiger partial charge in [0, 0.05) is 18.0 Å². The van der Waals surface area contributed by atoms with Gasteiger partial charge in [-0.2, -0.15) is 0 Å². The molecule has 0 spiro atoms. The number of hydrogen-bond acceptors (Lipinski definition) is 6. The Hall–Kier alpha value is -4.39. The van der Waals surface area contributed by atoms with E-state index in [0.29, 0.717) is 15.9 Å². The van der Waals surface area contributed by atoms with Crippen molar-refractivity contribution in [2.75, 3.05) is 12.0 Å². The third kappa shape index (κ3) is 4.13. The van der Waals surface area contributed by atoms with Gasteiger partial charge >= 0.3 is 11.7 Å². The van der Waals surface area contributed by atoms with Gasteiger partial charge in [-0.25, -0.2) is 27.3 Å². The summed E-state index contributed by atoms with van der Waals surface area (Å²) in [5.41, 5.74) is -3.10. The molecule has 0 fully saturated rings. The molecule has 36 heavy (non-hydrogen) atoms. The van der Waals surface area contributed by atoms with Crippen LogP contribution in [0.5, 0.6) is 5.75 Å². The fourth-order valence-corrected chi connectivity index (χ4v) is 4.54. The SMILES string of the molecule is COc1ccc(F)c(F)c1CN(C(C)=O)c1ccc(F)c(-n2c(=O)[nH]c3csc(C(=O)O)c3c2=O)c1. The molecule has 0 aliphatic heterocycles. The molecule has 4 aromatic rings. The van der Waals surface area contributed by atoms with E-state index in [0.717, 1.165) is 36.1 Å². The number of thiophene rings is 1. The fraction of sp³-hybridized carbons (Fsp3) is 0.130. The van der Waals surface area contributed by atoms with Crippen LogP contribution in [-0.2, 0) is 11.3 Å². The predicted octanol–water partition coefficient (Wildman–Crippen LogP) is 3.42. The molecule has 186 valence electrons. The van der Waals surface area contributed by atoms with Gasteiger partial charge in [0.05, 0.1) is 35.8 Å². The zero-order valence-electron chi connectivity index (χ0n) is 18.6. The van der Waals surface area contributed by atoms with Crippen LogP contribution in [-0.4, -0.2) is 33.6 Å². The molecule has 2 heterocycles. The predicted molar refractivity (Wildman–Crippen MR) is 125 cm³/mol. The molecule has 0 atom stereocenters. The van der Waals surface area contributed by atoms with E-state index in [1.165, 1.54) is 18.6 Å². The Balaban J connectivity index is 1.90. The Morgan fingerprint density at radius 1 is 1.14 bits per heavy atom. The monoisotopic (exact) mass is 519 g/mol. The zero-order valence-corrected chi connectivity index (χ0v) is 19.4. The summed E-state index contributed by atoms with van der Waals surface area (Å²) in [5, 5.41) is 10.3. The zero-order chi connectivity index (χ0) is 26.3. The van der Waals surface area contributed by atoms with Gasteiger partial charge < -0.3 is 19.7 Å². The highest BCUT2D eigenvalue weighted by Crippen LogP contribution is 2.29. The van der Waals surface area contributed by atoms with Crippen molar-refractivity contribution in [3.05, 3.63) is 84.4 Å². The molecule has 4 rings (SSSR count). The number of carbonyl (C=O) groups is 2. The first-order valence-electron chi connectivity index (χ1n) is 10.1. The lowest BCUT2D eigenvalue weighted by molar-refractivity contribution is -0.116. The van der Waals surface area contributed by atoms with Crippen molar-refractivity contribution in [1.29, 1.82) is 0 Å². The Bertz CT molecular complexity index is 1660. The number of nitrogens with zero attached hydrogens (tertiary/aromatic N) is 2. The molecule has 1 amide bonds. The highest BCUT2D eigenvalue weighted by atomic mass is 32.1. The summed E-state index contributed by atoms with van der Waals surface area (Å²) in [6, 6.07) is 5.06. The molecule has 0 bridgehead atoms. The smallest absolute Gasteiger partial charge is 0.346 e. The number of H-pyrrole nitrogens is 1. The maximum Gasteiger partial charge on any atom is 0.346 e. The largest absolute Gasteiger partial charge is 0.496 e. The van der Waals surface area contributed by atoms with Crippen molar-refractivity contribution >= 4 is 39.8 Å². The summed E-state index contributed by atoms with van der Waals surface area (Å²) in [5.74, 6) is -5.56. The van der Waals surface area contributed by atoms with Crippen molar-refractivity contribution in [3.63, 3.8) is 0 Å². The summed E-state index contributed by atoms with van der Waals surface area (Å²) in [6.07, 6.45) is 0. The average Bonchev–Trinajstić information content (AvgIpc) is 3.25. The number of halogens is 3. The van der Waals surface area contributed by atoms with Gasteiger partial charge in [0.2, 0.25) is 5.91 Å². The lowest BCUT2D eigenvalue weighted by Gasteiger charge is -2.23. The number of hydrogen-bond donors (Lipinski definition) is 2. The van der Waals surface area contributed by atoms with Crippen LogP contribution >= 0.6 is 11.3 Å². The number of fused-ring (bicyclic) bond motifs is 1. The number of carboxylic acid groups (broad SMARTS) is 1. The topological polar surface area (TPSA) is 122 Å². The number of methoxy groups -OCH3 is 1. The van der Waals surface area contributed by atoms with E-state index in [-0.39, 0.29) is 32.8 Å². The van der Waals surface area contributed by atoms with E-state index in [1.807, 2.05) is 0 Å². The second kappa shape index (κ2) is 9.34. The number of aromatic amines is 1. The van der Waals surface area contributed by atoms with Crippen molar-refractivity contribution in [1.82, 2.24) is 9.55 Å². The first-order valence-corrected chi connectivity index (χ1v) is 11.0. The Kier molecular flexibility index (Phi) is 6.41. The fourth-order valence-electron chi connectivity index (χ4n) is 3.71. The third-order valence-electron chi connectivity index (χ3n) is 5.40. The number of carbonyl (C=O) groups excluding carboxylic acids is 1. The van der Waals surface area contributed by atoms with Gasteiger partial charge in [0.15, 0.2) is 11.6 Å². The van der Waals surface area contributed by atoms with Crippen LogP contribution in [0.4, 0.5) is 18.9 Å². The molecule has 2 N–H and O–H groups in total. The van der Waals surface area contributed by atoms with Crippen molar-refractivity contribution in [3.8, 4) is 11.4 Å². The molecule has 0 saturated carbocycles. The number of ether oxygens (including phenoxy) is 1. The van der Waals surface area contributed by atoms with Crippen molar-refractivity contribution in [2.45, 2.75) is 13.5 Å². The number of carboxylic acids is 1. The van der Waals surface area contributed by atoms with E-state index >= 15 is 0 Å². The van der Waals surface area contributed by atoms with Gasteiger partial charge in [-0.15, -0.1) is 11.3 Å². The van der Waals surface area contributed by atoms with Crippen LogP contribution in [0.2, 0.25) is 0 Å². The number of rotatable bonds is 6. The number of nitrogens with one attached hydrogen (secondary N) is 1. The first kappa shape index (κ1) is 24.7. The normalized spacial score (nSPS) is 11.0. The highest BCUT2D eigenvalue weighted by molar-refractivity contribution is 7.13. The van der Waals surface area contributed by atoms with Gasteiger partial charge in [-0.1, -0.05) is 0 Å². The van der Waals surface area contributed by atoms with Crippen LogP contribution < -0.4 is 20.9 Å². The lowest BCUT2D eigenvalue weighted by atomic mass is 10.1. The minimum Gasteiger partial charge on any atom is -0.496 e. The maximum atomic E-state index is 14.9. The Morgan fingerprint density at radius 2 is 1.83 bits per heavy atom. The quantitative estimate of drug-likeness (QED) is 0.403. The van der Waals surface area contributed by atoms with Crippen LogP contribution in [0.3, 0.4) is 0 Å². The number of aromatic nitrogens is 2. The molecule has 13 heteroatoms. The van der Waals surface area contributed by atoms with Crippen molar-refractivity contribution in [2.24, 2.45) is 0 Å². The molecule has 0 radical (unpaired) electrons. The minimum absolute atomic E-state index is 0.0285. The molecule has 2 aromatic carbocycles. The van der Waals surface area contributed by atoms with Crippen LogP contribution in [0.1, 0.15) is 22.2 Å². The summed E-state index contributed by atoms with van der Waals surface area (Å²) < 4.78 is 48.7. The van der Waals surface area contributed by atoms with Crippen molar-refractivity contribution < 1.29 is 32.6 Å². The van der Waals surface area contributed by atoms with Crippen LogP contribution in [0.15, 0.2) is 45.3 Å². The Morgan fingerprint density at radius 3 is 2.47 bits per heavy atom. The van der Waals surface area contributed by atoms with Crippen LogP contribution in [0.25, 0.3) is 16.6 Å². The molecule has 0 aliphatic carbocycles. The molecule has 2 aromatic heterocycles. The summed E-state index contributed by atoms with van der Waals surface area (Å²) >= 11 is 0.713. The molecule has 0 unspecified atom stereocenters. The van der Waals surface area contributed by atoms with Gasteiger partial charge in [0.1, 0.15) is 16.4 Å². The number of aromatic carboxylic acids is 1. The van der Waals surface area contributed by atoms with Crippen LogP contribution in [0, 0.1) is 17.5 Å². The van der Waals surface area contributed by atoms with Gasteiger partial charge in [-0.3, -0.25) is 9.59 Å². The molecular formula is C23H16F3N3O6S. The number of amides is 1. The second-order valence-electron chi connectivity index (χ2n) is 7.51. The van der Waals surface area contributed by atoms with Gasteiger partial charge in [-0.05, 0) is 30.3 Å². The third-order valence-corrected chi connectivity index (χ3v) is 6.37. The van der Waals surface area contributed by atoms with E-state index in [1.54, 1.807) is 0 Å². The first-order chi connectivity index (χ1) is 17.0.